The number of thioether (sulfide) groups is 1. The Morgan fingerprint density at radius 2 is 1.97 bits per heavy atom. The molecule has 0 aliphatic carbocycles. The fraction of sp³-hybridized carbons (Fsp3) is 0.567. The summed E-state index contributed by atoms with van der Waals surface area (Å²) in [4.78, 5) is 45.5. The van der Waals surface area contributed by atoms with E-state index in [4.69, 9.17) is 4.74 Å². The van der Waals surface area contributed by atoms with Crippen molar-refractivity contribution < 1.29 is 24.2 Å². The maximum atomic E-state index is 14.7. The number of allylic oxidation sites excluding steroid dienone is 1. The number of amides is 2. The number of likely N-dealkylation sites (tertiary alicyclic amines) is 1. The molecule has 1 N–H and O–H groups in total. The molecule has 3 aliphatic heterocycles. The van der Waals surface area contributed by atoms with E-state index in [0.29, 0.717) is 6.42 Å². The van der Waals surface area contributed by atoms with Crippen LogP contribution in [0.5, 0.6) is 0 Å². The van der Waals surface area contributed by atoms with Crippen molar-refractivity contribution in [1.29, 1.82) is 0 Å². The SMILES string of the molecule is C=CCCCOC(=O)[C@@H]1[C@@H]2CC(C)C3(S2)C(C(=O)N(CC=C)c2c(C)cccc2C)N([C@H](C)CO)C(=O)[C@H]13. The van der Waals surface area contributed by atoms with E-state index in [2.05, 4.69) is 20.1 Å². The highest BCUT2D eigenvalue weighted by atomic mass is 32.2. The Bertz CT molecular complexity index is 1100. The Labute approximate surface area is 230 Å². The van der Waals surface area contributed by atoms with Gasteiger partial charge in [-0.05, 0) is 57.1 Å². The zero-order chi connectivity index (χ0) is 27.8. The number of ether oxygens (including phenoxy) is 1. The van der Waals surface area contributed by atoms with Crippen LogP contribution in [-0.2, 0) is 19.1 Å². The van der Waals surface area contributed by atoms with Gasteiger partial charge in [-0.3, -0.25) is 14.4 Å². The number of anilines is 1. The summed E-state index contributed by atoms with van der Waals surface area (Å²) in [5.41, 5.74) is 2.72. The summed E-state index contributed by atoms with van der Waals surface area (Å²) >= 11 is 1.61. The van der Waals surface area contributed by atoms with Crippen molar-refractivity contribution in [3.05, 3.63) is 54.6 Å². The molecule has 0 saturated carbocycles. The van der Waals surface area contributed by atoms with Gasteiger partial charge < -0.3 is 19.6 Å². The molecule has 1 aromatic carbocycles. The predicted molar refractivity (Wildman–Crippen MR) is 151 cm³/mol. The summed E-state index contributed by atoms with van der Waals surface area (Å²) in [5.74, 6) is -2.03. The monoisotopic (exact) mass is 540 g/mol. The highest BCUT2D eigenvalue weighted by Crippen LogP contribution is 2.69. The standard InChI is InChI=1S/C30H40N2O5S/c1-7-9-10-15-37-29(36)23-22-16-20(5)30(38-22)24(23)27(34)32(21(6)17-33)26(30)28(35)31(14-8-2)25-18(3)12-11-13-19(25)4/h7-8,11-13,20-24,26,33H,1-2,9-10,14-17H2,3-6H3/t20?,21-,22+,23-,24+,26?,30?/m1/s1. The number of unbranched alkanes of at least 4 members (excludes halogenated alkanes) is 1. The van der Waals surface area contributed by atoms with Crippen molar-refractivity contribution in [2.75, 3.05) is 24.7 Å². The van der Waals surface area contributed by atoms with Crippen molar-refractivity contribution in [2.45, 2.75) is 69.0 Å². The molecule has 2 bridgehead atoms. The van der Waals surface area contributed by atoms with Crippen molar-refractivity contribution in [3.63, 3.8) is 0 Å². The third-order valence-corrected chi connectivity index (χ3v) is 10.6. The number of rotatable bonds is 11. The number of hydrogen-bond acceptors (Lipinski definition) is 6. The molecule has 8 heteroatoms. The van der Waals surface area contributed by atoms with Crippen LogP contribution in [0.1, 0.15) is 44.2 Å². The molecule has 7 atom stereocenters. The minimum Gasteiger partial charge on any atom is -0.465 e. The molecule has 3 heterocycles. The second kappa shape index (κ2) is 11.3. The van der Waals surface area contributed by atoms with Gasteiger partial charge >= 0.3 is 5.97 Å². The van der Waals surface area contributed by atoms with E-state index >= 15 is 0 Å². The van der Waals surface area contributed by atoms with Gasteiger partial charge in [0.25, 0.3) is 5.91 Å². The van der Waals surface area contributed by atoms with E-state index in [0.717, 1.165) is 29.7 Å². The van der Waals surface area contributed by atoms with Gasteiger partial charge in [0, 0.05) is 17.5 Å². The zero-order valence-electron chi connectivity index (χ0n) is 22.9. The first-order valence-electron chi connectivity index (χ1n) is 13.5. The minimum absolute atomic E-state index is 0.0321. The van der Waals surface area contributed by atoms with Gasteiger partial charge in [-0.1, -0.05) is 37.3 Å². The quantitative estimate of drug-likeness (QED) is 0.259. The summed E-state index contributed by atoms with van der Waals surface area (Å²) in [6.45, 7) is 15.7. The van der Waals surface area contributed by atoms with Gasteiger partial charge in [-0.25, -0.2) is 0 Å². The number of benzene rings is 1. The zero-order valence-corrected chi connectivity index (χ0v) is 23.7. The molecule has 3 unspecified atom stereocenters. The lowest BCUT2D eigenvalue weighted by atomic mass is 9.66. The van der Waals surface area contributed by atoms with E-state index in [-0.39, 0.29) is 48.7 Å². The molecule has 7 nitrogen and oxygen atoms in total. The molecule has 0 radical (unpaired) electrons. The number of aliphatic hydroxyl groups is 1. The Morgan fingerprint density at radius 3 is 2.58 bits per heavy atom. The van der Waals surface area contributed by atoms with Crippen molar-refractivity contribution in [2.24, 2.45) is 17.8 Å². The summed E-state index contributed by atoms with van der Waals surface area (Å²) < 4.78 is 4.87. The van der Waals surface area contributed by atoms with Crippen molar-refractivity contribution in [3.8, 4) is 0 Å². The van der Waals surface area contributed by atoms with Crippen LogP contribution in [0, 0.1) is 31.6 Å². The number of aliphatic hydroxyl groups excluding tert-OH is 1. The van der Waals surface area contributed by atoms with Crippen LogP contribution in [0.2, 0.25) is 0 Å². The third kappa shape index (κ3) is 4.39. The molecule has 3 fully saturated rings. The molecule has 2 amide bonds. The average molecular weight is 541 g/mol. The average Bonchev–Trinajstić information content (AvgIpc) is 3.48. The molecule has 1 aromatic rings. The van der Waals surface area contributed by atoms with E-state index in [9.17, 15) is 19.5 Å². The Balaban J connectivity index is 1.78. The van der Waals surface area contributed by atoms with E-state index in [1.54, 1.807) is 40.6 Å². The number of nitrogens with zero attached hydrogens (tertiary/aromatic N) is 2. The lowest BCUT2D eigenvalue weighted by Crippen LogP contribution is -2.59. The molecule has 4 rings (SSSR count). The normalized spacial score (nSPS) is 30.2. The van der Waals surface area contributed by atoms with Crippen molar-refractivity contribution in [1.82, 2.24) is 4.90 Å². The molecular weight excluding hydrogens is 500 g/mol. The number of carbonyl (C=O) groups is 3. The highest BCUT2D eigenvalue weighted by Gasteiger charge is 2.77. The van der Waals surface area contributed by atoms with Crippen LogP contribution < -0.4 is 4.90 Å². The van der Waals surface area contributed by atoms with Crippen LogP contribution in [0.3, 0.4) is 0 Å². The summed E-state index contributed by atoms with van der Waals surface area (Å²) in [6, 6.07) is 4.51. The minimum atomic E-state index is -0.815. The third-order valence-electron chi connectivity index (χ3n) is 8.51. The first-order chi connectivity index (χ1) is 18.1. The number of carbonyl (C=O) groups excluding carboxylic acids is 3. The molecule has 3 saturated heterocycles. The topological polar surface area (TPSA) is 87.2 Å². The van der Waals surface area contributed by atoms with Crippen molar-refractivity contribution >= 4 is 35.2 Å². The van der Waals surface area contributed by atoms with Crippen LogP contribution >= 0.6 is 11.8 Å². The fourth-order valence-electron chi connectivity index (χ4n) is 6.87. The Kier molecular flexibility index (Phi) is 8.43. The summed E-state index contributed by atoms with van der Waals surface area (Å²) in [7, 11) is 0. The molecule has 206 valence electrons. The van der Waals surface area contributed by atoms with Gasteiger partial charge in [0.15, 0.2) is 0 Å². The molecule has 38 heavy (non-hydrogen) atoms. The van der Waals surface area contributed by atoms with Crippen LogP contribution in [0.4, 0.5) is 5.69 Å². The number of para-hydroxylation sites is 1. The van der Waals surface area contributed by atoms with Gasteiger partial charge in [-0.15, -0.1) is 24.9 Å². The van der Waals surface area contributed by atoms with Gasteiger partial charge in [0.05, 0.1) is 35.8 Å². The summed E-state index contributed by atoms with van der Waals surface area (Å²) in [5, 5.41) is 10.1. The highest BCUT2D eigenvalue weighted by molar-refractivity contribution is 8.02. The van der Waals surface area contributed by atoms with Crippen LogP contribution in [0.15, 0.2) is 43.5 Å². The Morgan fingerprint density at radius 1 is 1.29 bits per heavy atom. The molecule has 3 aliphatic rings. The van der Waals surface area contributed by atoms with Gasteiger partial charge in [0.2, 0.25) is 5.91 Å². The van der Waals surface area contributed by atoms with Crippen LogP contribution in [-0.4, -0.2) is 69.6 Å². The second-order valence-electron chi connectivity index (χ2n) is 10.9. The second-order valence-corrected chi connectivity index (χ2v) is 12.5. The summed E-state index contributed by atoms with van der Waals surface area (Å²) in [6.07, 6.45) is 5.64. The van der Waals surface area contributed by atoms with Crippen LogP contribution in [0.25, 0.3) is 0 Å². The molecule has 1 spiro atoms. The fourth-order valence-corrected chi connectivity index (χ4v) is 9.26. The molecule has 0 aromatic heterocycles. The lowest BCUT2D eigenvalue weighted by Gasteiger charge is -2.42. The van der Waals surface area contributed by atoms with E-state index in [1.807, 2.05) is 32.0 Å². The van der Waals surface area contributed by atoms with Gasteiger partial charge in [-0.2, -0.15) is 0 Å². The number of aryl methyl sites for hydroxylation is 2. The maximum Gasteiger partial charge on any atom is 0.310 e. The number of fused-ring (bicyclic) bond motifs is 1. The largest absolute Gasteiger partial charge is 0.465 e. The maximum absolute atomic E-state index is 14.7. The van der Waals surface area contributed by atoms with E-state index < -0.39 is 28.7 Å². The molecular formula is C30H40N2O5S. The predicted octanol–water partition coefficient (Wildman–Crippen LogP) is 4.05. The number of hydrogen-bond donors (Lipinski definition) is 1. The van der Waals surface area contributed by atoms with E-state index in [1.165, 1.54) is 0 Å². The lowest BCUT2D eigenvalue weighted by molar-refractivity contribution is -0.155. The smallest absolute Gasteiger partial charge is 0.310 e. The Hall–Kier alpha value is -2.58. The van der Waals surface area contributed by atoms with Gasteiger partial charge in [0.1, 0.15) is 6.04 Å². The first kappa shape index (κ1) is 28.4. The first-order valence-corrected chi connectivity index (χ1v) is 14.4. The number of esters is 1.